The van der Waals surface area contributed by atoms with E-state index in [2.05, 4.69) is 15.5 Å². The highest BCUT2D eigenvalue weighted by atomic mass is 32.2. The molecule has 0 saturated heterocycles. The van der Waals surface area contributed by atoms with E-state index in [1.54, 1.807) is 0 Å². The van der Waals surface area contributed by atoms with Crippen molar-refractivity contribution < 1.29 is 13.2 Å². The molecule has 1 saturated carbocycles. The number of nitrogens with zero attached hydrogens (tertiary/aromatic N) is 2. The SMILES string of the molecule is C[C@@H](Sc1nnc(NC2CC2)s1)c1ccc(C(F)(F)F)cc1. The van der Waals surface area contributed by atoms with Crippen LogP contribution < -0.4 is 5.32 Å². The first-order chi connectivity index (χ1) is 10.4. The predicted molar refractivity (Wildman–Crippen MR) is 82.3 cm³/mol. The smallest absolute Gasteiger partial charge is 0.357 e. The predicted octanol–water partition coefficient (Wildman–Crippen LogP) is 4.98. The van der Waals surface area contributed by atoms with Gasteiger partial charge in [-0.05, 0) is 37.5 Å². The third-order valence-corrected chi connectivity index (χ3v) is 5.39. The van der Waals surface area contributed by atoms with Crippen LogP contribution in [0.3, 0.4) is 0 Å². The molecule has 3 nitrogen and oxygen atoms in total. The molecule has 1 aliphatic carbocycles. The Bertz CT molecular complexity index is 636. The summed E-state index contributed by atoms with van der Waals surface area (Å²) in [6.07, 6.45) is -1.95. The van der Waals surface area contributed by atoms with Gasteiger partial charge in [0.1, 0.15) is 0 Å². The normalized spacial score (nSPS) is 16.5. The van der Waals surface area contributed by atoms with Crippen molar-refractivity contribution in [3.63, 3.8) is 0 Å². The van der Waals surface area contributed by atoms with E-state index < -0.39 is 11.7 Å². The molecular weight excluding hydrogens is 331 g/mol. The molecule has 1 fully saturated rings. The molecular formula is C14H14F3N3S2. The molecule has 22 heavy (non-hydrogen) atoms. The van der Waals surface area contributed by atoms with Crippen molar-refractivity contribution in [2.45, 2.75) is 41.6 Å². The number of nitrogens with one attached hydrogen (secondary N) is 1. The molecule has 2 aromatic rings. The Hall–Kier alpha value is -1.28. The third kappa shape index (κ3) is 3.92. The van der Waals surface area contributed by atoms with Crippen molar-refractivity contribution in [2.24, 2.45) is 0 Å². The van der Waals surface area contributed by atoms with E-state index in [0.717, 1.165) is 27.2 Å². The zero-order valence-corrected chi connectivity index (χ0v) is 13.4. The number of anilines is 1. The lowest BCUT2D eigenvalue weighted by molar-refractivity contribution is -0.137. The van der Waals surface area contributed by atoms with Gasteiger partial charge in [-0.2, -0.15) is 13.2 Å². The van der Waals surface area contributed by atoms with E-state index in [-0.39, 0.29) is 5.25 Å². The van der Waals surface area contributed by atoms with Crippen molar-refractivity contribution in [3.05, 3.63) is 35.4 Å². The van der Waals surface area contributed by atoms with E-state index in [1.165, 1.54) is 48.1 Å². The maximum Gasteiger partial charge on any atom is 0.416 e. The molecule has 0 aliphatic heterocycles. The van der Waals surface area contributed by atoms with Gasteiger partial charge in [0.15, 0.2) is 4.34 Å². The van der Waals surface area contributed by atoms with Gasteiger partial charge in [0.25, 0.3) is 0 Å². The number of hydrogen-bond acceptors (Lipinski definition) is 5. The Morgan fingerprint density at radius 2 is 1.91 bits per heavy atom. The number of thioether (sulfide) groups is 1. The van der Waals surface area contributed by atoms with Gasteiger partial charge in [-0.1, -0.05) is 35.2 Å². The molecule has 0 spiro atoms. The molecule has 3 rings (SSSR count). The van der Waals surface area contributed by atoms with E-state index in [9.17, 15) is 13.2 Å². The van der Waals surface area contributed by atoms with Gasteiger partial charge >= 0.3 is 6.18 Å². The highest BCUT2D eigenvalue weighted by molar-refractivity contribution is 8.01. The van der Waals surface area contributed by atoms with E-state index >= 15 is 0 Å². The van der Waals surface area contributed by atoms with Gasteiger partial charge in [-0.3, -0.25) is 0 Å². The van der Waals surface area contributed by atoms with Crippen LogP contribution in [0, 0.1) is 0 Å². The minimum Gasteiger partial charge on any atom is -0.357 e. The fourth-order valence-electron chi connectivity index (χ4n) is 1.88. The lowest BCUT2D eigenvalue weighted by Gasteiger charge is -2.11. The quantitative estimate of drug-likeness (QED) is 0.775. The Morgan fingerprint density at radius 1 is 1.23 bits per heavy atom. The topological polar surface area (TPSA) is 37.8 Å². The number of halogens is 3. The fraction of sp³-hybridized carbons (Fsp3) is 0.429. The molecule has 118 valence electrons. The second-order valence-electron chi connectivity index (χ2n) is 5.17. The molecule has 0 radical (unpaired) electrons. The Labute approximate surface area is 134 Å². The van der Waals surface area contributed by atoms with Crippen molar-refractivity contribution in [1.29, 1.82) is 0 Å². The molecule has 1 N–H and O–H groups in total. The monoisotopic (exact) mass is 345 g/mol. The average Bonchev–Trinajstić information content (AvgIpc) is 3.17. The molecule has 1 aromatic carbocycles. The summed E-state index contributed by atoms with van der Waals surface area (Å²) in [6.45, 7) is 1.95. The first-order valence-electron chi connectivity index (χ1n) is 6.85. The lowest BCUT2D eigenvalue weighted by atomic mass is 10.1. The fourth-order valence-corrected chi connectivity index (χ4v) is 3.98. The van der Waals surface area contributed by atoms with Crippen LogP contribution in [0.5, 0.6) is 0 Å². The Kier molecular flexibility index (Phi) is 4.31. The zero-order valence-electron chi connectivity index (χ0n) is 11.7. The second-order valence-corrected chi connectivity index (χ2v) is 7.74. The Balaban J connectivity index is 1.63. The average molecular weight is 345 g/mol. The maximum atomic E-state index is 12.6. The van der Waals surface area contributed by atoms with Gasteiger partial charge in [0, 0.05) is 11.3 Å². The Morgan fingerprint density at radius 3 is 2.50 bits per heavy atom. The second kappa shape index (κ2) is 6.08. The summed E-state index contributed by atoms with van der Waals surface area (Å²) >= 11 is 2.98. The number of alkyl halides is 3. The van der Waals surface area contributed by atoms with Gasteiger partial charge in [0.2, 0.25) is 5.13 Å². The molecule has 1 heterocycles. The number of benzene rings is 1. The van der Waals surface area contributed by atoms with Crippen molar-refractivity contribution in [3.8, 4) is 0 Å². The number of aromatic nitrogens is 2. The minimum absolute atomic E-state index is 0.0176. The van der Waals surface area contributed by atoms with Crippen LogP contribution in [0.4, 0.5) is 18.3 Å². The van der Waals surface area contributed by atoms with Gasteiger partial charge in [-0.25, -0.2) is 0 Å². The number of rotatable bonds is 5. The standard InChI is InChI=1S/C14H14F3N3S2/c1-8(9-2-4-10(5-3-9)14(15,16)17)21-13-20-19-12(22-13)18-11-6-7-11/h2-5,8,11H,6-7H2,1H3,(H,18,19)/t8-/m1/s1. The first kappa shape index (κ1) is 15.6. The van der Waals surface area contributed by atoms with Crippen molar-refractivity contribution in [2.75, 3.05) is 5.32 Å². The summed E-state index contributed by atoms with van der Waals surface area (Å²) in [5, 5.41) is 12.3. The van der Waals surface area contributed by atoms with Gasteiger partial charge in [-0.15, -0.1) is 10.2 Å². The molecule has 8 heteroatoms. The van der Waals surface area contributed by atoms with Crippen LogP contribution in [0.25, 0.3) is 0 Å². The molecule has 0 bridgehead atoms. The van der Waals surface area contributed by atoms with E-state index in [0.29, 0.717) is 6.04 Å². The van der Waals surface area contributed by atoms with E-state index in [4.69, 9.17) is 0 Å². The molecule has 0 amide bonds. The molecule has 1 atom stereocenters. The van der Waals surface area contributed by atoms with Crippen LogP contribution in [-0.2, 0) is 6.18 Å². The van der Waals surface area contributed by atoms with Crippen molar-refractivity contribution in [1.82, 2.24) is 10.2 Å². The van der Waals surface area contributed by atoms with Crippen LogP contribution in [0.15, 0.2) is 28.6 Å². The van der Waals surface area contributed by atoms with Crippen LogP contribution in [-0.4, -0.2) is 16.2 Å². The summed E-state index contributed by atoms with van der Waals surface area (Å²) in [6, 6.07) is 5.80. The molecule has 1 aliphatic rings. The lowest BCUT2D eigenvalue weighted by Crippen LogP contribution is -2.04. The van der Waals surface area contributed by atoms with Crippen molar-refractivity contribution >= 4 is 28.2 Å². The summed E-state index contributed by atoms with van der Waals surface area (Å²) in [5.74, 6) is 0. The highest BCUT2D eigenvalue weighted by Gasteiger charge is 2.30. The van der Waals surface area contributed by atoms with Crippen LogP contribution in [0.2, 0.25) is 0 Å². The van der Waals surface area contributed by atoms with Crippen LogP contribution in [0.1, 0.15) is 36.1 Å². The highest BCUT2D eigenvalue weighted by Crippen LogP contribution is 2.39. The van der Waals surface area contributed by atoms with Crippen LogP contribution >= 0.6 is 23.1 Å². The minimum atomic E-state index is -4.29. The maximum absolute atomic E-state index is 12.6. The summed E-state index contributed by atoms with van der Waals surface area (Å²) in [5.41, 5.74) is 0.213. The van der Waals surface area contributed by atoms with Gasteiger partial charge < -0.3 is 5.32 Å². The summed E-state index contributed by atoms with van der Waals surface area (Å²) in [4.78, 5) is 0. The largest absolute Gasteiger partial charge is 0.416 e. The third-order valence-electron chi connectivity index (χ3n) is 3.30. The molecule has 0 unspecified atom stereocenters. The number of hydrogen-bond donors (Lipinski definition) is 1. The zero-order chi connectivity index (χ0) is 15.7. The molecule has 1 aromatic heterocycles. The van der Waals surface area contributed by atoms with E-state index in [1.807, 2.05) is 6.92 Å². The van der Waals surface area contributed by atoms with Gasteiger partial charge in [0.05, 0.1) is 5.56 Å². The summed E-state index contributed by atoms with van der Waals surface area (Å²) in [7, 11) is 0. The summed E-state index contributed by atoms with van der Waals surface area (Å²) < 4.78 is 38.5. The first-order valence-corrected chi connectivity index (χ1v) is 8.55.